The molecule has 1 saturated heterocycles. The van der Waals surface area contributed by atoms with Crippen LogP contribution in [0.25, 0.3) is 17.1 Å². The van der Waals surface area contributed by atoms with E-state index in [1.165, 1.54) is 16.7 Å². The molecule has 6 heteroatoms. The lowest BCUT2D eigenvalue weighted by atomic mass is 9.70. The van der Waals surface area contributed by atoms with Crippen molar-refractivity contribution in [2.24, 2.45) is 0 Å². The zero-order valence-electron chi connectivity index (χ0n) is 22.6. The predicted molar refractivity (Wildman–Crippen MR) is 161 cm³/mol. The van der Waals surface area contributed by atoms with Crippen molar-refractivity contribution in [3.8, 4) is 0 Å². The maximum atomic E-state index is 13.8. The molecule has 0 saturated carbocycles. The summed E-state index contributed by atoms with van der Waals surface area (Å²) in [6.07, 6.45) is 8.30. The molecule has 2 amide bonds. The van der Waals surface area contributed by atoms with Gasteiger partial charge in [-0.25, -0.2) is 4.98 Å². The normalized spacial score (nSPS) is 19.4. The molecule has 1 aliphatic heterocycles. The van der Waals surface area contributed by atoms with E-state index < -0.39 is 0 Å². The summed E-state index contributed by atoms with van der Waals surface area (Å²) in [5, 5.41) is 2.95. The average molecular weight is 539 g/mol. The van der Waals surface area contributed by atoms with Gasteiger partial charge >= 0.3 is 0 Å². The van der Waals surface area contributed by atoms with Gasteiger partial charge in [-0.15, -0.1) is 0 Å². The summed E-state index contributed by atoms with van der Waals surface area (Å²) in [6, 6.07) is 32.0. The number of hydrogen-bond donors (Lipinski definition) is 2. The van der Waals surface area contributed by atoms with Gasteiger partial charge in [-0.3, -0.25) is 9.59 Å². The largest absolute Gasteiger partial charge is 0.345 e. The molecule has 0 radical (unpaired) electrons. The highest BCUT2D eigenvalue weighted by molar-refractivity contribution is 6.05. The number of allylic oxidation sites excluding steroid dienone is 1. The van der Waals surface area contributed by atoms with Crippen LogP contribution in [0, 0.1) is 0 Å². The smallest absolute Gasteiger partial charge is 0.255 e. The average Bonchev–Trinajstić information content (AvgIpc) is 3.63. The van der Waals surface area contributed by atoms with E-state index in [-0.39, 0.29) is 23.3 Å². The van der Waals surface area contributed by atoms with E-state index in [1.54, 1.807) is 18.5 Å². The second-order valence-electron chi connectivity index (χ2n) is 11.0. The van der Waals surface area contributed by atoms with E-state index in [0.29, 0.717) is 24.2 Å². The second-order valence-corrected chi connectivity index (χ2v) is 11.0. The Morgan fingerprint density at radius 1 is 0.951 bits per heavy atom. The minimum absolute atomic E-state index is 0.000900. The molecule has 2 heterocycles. The number of hydrogen-bond acceptors (Lipinski definition) is 3. The zero-order valence-corrected chi connectivity index (χ0v) is 22.6. The third kappa shape index (κ3) is 4.72. The van der Waals surface area contributed by atoms with E-state index in [9.17, 15) is 9.59 Å². The molecular weight excluding hydrogens is 508 g/mol. The van der Waals surface area contributed by atoms with Gasteiger partial charge in [0.1, 0.15) is 0 Å². The van der Waals surface area contributed by atoms with E-state index >= 15 is 0 Å². The van der Waals surface area contributed by atoms with Crippen LogP contribution in [-0.4, -0.2) is 33.2 Å². The highest BCUT2D eigenvalue weighted by atomic mass is 16.2. The van der Waals surface area contributed by atoms with Crippen LogP contribution in [0.1, 0.15) is 51.5 Å². The van der Waals surface area contributed by atoms with E-state index in [1.807, 2.05) is 36.4 Å². The number of likely N-dealkylation sites (tertiary alicyclic amines) is 1. The summed E-state index contributed by atoms with van der Waals surface area (Å²) in [5.41, 5.74) is 7.57. The van der Waals surface area contributed by atoms with Gasteiger partial charge < -0.3 is 15.2 Å². The first kappa shape index (κ1) is 25.0. The van der Waals surface area contributed by atoms with Crippen molar-refractivity contribution in [2.75, 3.05) is 11.9 Å². The highest BCUT2D eigenvalue weighted by Gasteiger charge is 2.44. The number of H-pyrrole nitrogens is 1. The number of aromatic amines is 1. The summed E-state index contributed by atoms with van der Waals surface area (Å²) in [7, 11) is 0. The molecule has 4 aromatic carbocycles. The highest BCUT2D eigenvalue weighted by Crippen LogP contribution is 2.49. The Morgan fingerprint density at radius 2 is 1.76 bits per heavy atom. The van der Waals surface area contributed by atoms with Crippen LogP contribution in [0.5, 0.6) is 0 Å². The molecular formula is C35H30N4O2. The predicted octanol–water partition coefficient (Wildman–Crippen LogP) is 6.69. The Balaban J connectivity index is 1.06. The molecule has 1 fully saturated rings. The molecule has 2 aliphatic rings. The van der Waals surface area contributed by atoms with Crippen molar-refractivity contribution in [3.63, 3.8) is 0 Å². The number of carbonyl (C=O) groups is 2. The van der Waals surface area contributed by atoms with Crippen molar-refractivity contribution in [2.45, 2.75) is 30.7 Å². The SMILES string of the molecule is O=C(Nc1ccc(CC(=O)N2CCC3(C=Cc4ccccc43)CC2c2ccccc2)cc1)c1ccc2nc[nH]c2c1. The molecule has 6 nitrogen and oxygen atoms in total. The number of benzene rings is 4. The van der Waals surface area contributed by atoms with Gasteiger partial charge in [-0.2, -0.15) is 0 Å². The summed E-state index contributed by atoms with van der Waals surface area (Å²) < 4.78 is 0. The molecule has 1 aromatic heterocycles. The quantitative estimate of drug-likeness (QED) is 0.262. The third-order valence-electron chi connectivity index (χ3n) is 8.57. The summed E-state index contributed by atoms with van der Waals surface area (Å²) >= 11 is 0. The fourth-order valence-corrected chi connectivity index (χ4v) is 6.40. The number of fused-ring (bicyclic) bond motifs is 3. The van der Waals surface area contributed by atoms with Gasteiger partial charge in [0.05, 0.1) is 29.8 Å². The maximum absolute atomic E-state index is 13.8. The molecule has 2 atom stereocenters. The van der Waals surface area contributed by atoms with Crippen molar-refractivity contribution >= 4 is 34.6 Å². The zero-order chi connectivity index (χ0) is 27.8. The van der Waals surface area contributed by atoms with Crippen LogP contribution in [0.15, 0.2) is 109 Å². The van der Waals surface area contributed by atoms with E-state index in [4.69, 9.17) is 0 Å². The standard InChI is InChI=1S/C35H30N4O2/c40-33(20-24-10-13-28(14-11-24)38-34(41)27-12-15-30-31(21-27)37-23-36-30)39-19-18-35(17-16-25-6-4-5-9-29(25)35)22-32(39)26-7-2-1-3-8-26/h1-17,21,23,32H,18-20,22H2,(H,36,37)(H,38,41). The summed E-state index contributed by atoms with van der Waals surface area (Å²) in [4.78, 5) is 35.9. The van der Waals surface area contributed by atoms with Gasteiger partial charge in [-0.05, 0) is 65.4 Å². The van der Waals surface area contributed by atoms with Gasteiger partial charge in [0, 0.05) is 23.2 Å². The molecule has 0 bridgehead atoms. The Labute approximate surface area is 238 Å². The van der Waals surface area contributed by atoms with Crippen LogP contribution in [0.2, 0.25) is 0 Å². The Bertz CT molecular complexity index is 1770. The molecule has 2 N–H and O–H groups in total. The molecule has 202 valence electrons. The van der Waals surface area contributed by atoms with Gasteiger partial charge in [0.25, 0.3) is 5.91 Å². The Kier molecular flexibility index (Phi) is 6.23. The fraction of sp³-hybridized carbons (Fsp3) is 0.171. The molecule has 41 heavy (non-hydrogen) atoms. The van der Waals surface area contributed by atoms with Crippen molar-refractivity contribution in [1.29, 1.82) is 0 Å². The fourth-order valence-electron chi connectivity index (χ4n) is 6.40. The van der Waals surface area contributed by atoms with E-state index in [0.717, 1.165) is 29.4 Å². The first-order valence-corrected chi connectivity index (χ1v) is 14.0. The van der Waals surface area contributed by atoms with Gasteiger partial charge in [0.2, 0.25) is 5.91 Å². The lowest BCUT2D eigenvalue weighted by Gasteiger charge is -2.45. The summed E-state index contributed by atoms with van der Waals surface area (Å²) in [6.45, 7) is 0.700. The lowest BCUT2D eigenvalue weighted by Crippen LogP contribution is -2.46. The van der Waals surface area contributed by atoms with Crippen LogP contribution < -0.4 is 5.32 Å². The van der Waals surface area contributed by atoms with Crippen LogP contribution in [0.3, 0.4) is 0 Å². The third-order valence-corrected chi connectivity index (χ3v) is 8.57. The van der Waals surface area contributed by atoms with Gasteiger partial charge in [0.15, 0.2) is 0 Å². The number of nitrogens with one attached hydrogen (secondary N) is 2. The van der Waals surface area contributed by atoms with E-state index in [2.05, 4.69) is 80.9 Å². The van der Waals surface area contributed by atoms with Crippen LogP contribution >= 0.6 is 0 Å². The number of nitrogens with zero attached hydrogens (tertiary/aromatic N) is 2. The first-order valence-electron chi connectivity index (χ1n) is 14.0. The maximum Gasteiger partial charge on any atom is 0.255 e. The Morgan fingerprint density at radius 3 is 2.61 bits per heavy atom. The lowest BCUT2D eigenvalue weighted by molar-refractivity contribution is -0.135. The molecule has 1 spiro atoms. The number of imidazole rings is 1. The van der Waals surface area contributed by atoms with Crippen molar-refractivity contribution in [3.05, 3.63) is 137 Å². The Hall–Kier alpha value is -4.97. The first-order chi connectivity index (χ1) is 20.1. The molecule has 7 rings (SSSR count). The number of anilines is 1. The van der Waals surface area contributed by atoms with Crippen molar-refractivity contribution < 1.29 is 9.59 Å². The van der Waals surface area contributed by atoms with Crippen LogP contribution in [0.4, 0.5) is 5.69 Å². The molecule has 1 aliphatic carbocycles. The minimum Gasteiger partial charge on any atom is -0.345 e. The van der Waals surface area contributed by atoms with Crippen LogP contribution in [-0.2, 0) is 16.6 Å². The topological polar surface area (TPSA) is 78.1 Å². The summed E-state index contributed by atoms with van der Waals surface area (Å²) in [5.74, 6) is -0.0746. The second kappa shape index (κ2) is 10.2. The monoisotopic (exact) mass is 538 g/mol. The van der Waals surface area contributed by atoms with Gasteiger partial charge in [-0.1, -0.05) is 78.9 Å². The molecule has 5 aromatic rings. The number of rotatable bonds is 5. The number of carbonyl (C=O) groups excluding carboxylic acids is 2. The number of amides is 2. The number of aromatic nitrogens is 2. The number of piperidine rings is 1. The van der Waals surface area contributed by atoms with Crippen molar-refractivity contribution in [1.82, 2.24) is 14.9 Å². The minimum atomic E-state index is -0.194. The molecule has 2 unspecified atom stereocenters.